The molecule has 0 bridgehead atoms. The lowest BCUT2D eigenvalue weighted by atomic mass is 10.1. The molecule has 1 atom stereocenters. The molecule has 0 radical (unpaired) electrons. The number of rotatable bonds is 4. The summed E-state index contributed by atoms with van der Waals surface area (Å²) in [5.41, 5.74) is 5.13. The molecule has 2 aromatic rings. The van der Waals surface area contributed by atoms with Crippen molar-refractivity contribution in [3.8, 4) is 5.75 Å². The predicted molar refractivity (Wildman–Crippen MR) is 83.4 cm³/mol. The first-order chi connectivity index (χ1) is 10.2. The van der Waals surface area contributed by atoms with Gasteiger partial charge in [-0.3, -0.25) is 0 Å². The van der Waals surface area contributed by atoms with E-state index in [2.05, 4.69) is 16.7 Å². The van der Waals surface area contributed by atoms with Gasteiger partial charge in [-0.2, -0.15) is 0 Å². The maximum absolute atomic E-state index is 9.60. The maximum Gasteiger partial charge on any atom is 0.118 e. The zero-order valence-corrected chi connectivity index (χ0v) is 13.0. The van der Waals surface area contributed by atoms with E-state index < -0.39 is 0 Å². The topological polar surface area (TPSA) is 54.6 Å². The third-order valence-corrected chi connectivity index (χ3v) is 5.37. The number of hydrogen-bond donors (Lipinski definition) is 2. The van der Waals surface area contributed by atoms with Crippen molar-refractivity contribution in [2.75, 3.05) is 7.11 Å². The van der Waals surface area contributed by atoms with Crippen molar-refractivity contribution in [1.29, 1.82) is 0 Å². The normalized spacial score (nSPS) is 17.0. The Balaban J connectivity index is 2.05. The fourth-order valence-corrected chi connectivity index (χ4v) is 4.42. The van der Waals surface area contributed by atoms with Crippen LogP contribution in [0.15, 0.2) is 24.3 Å². The summed E-state index contributed by atoms with van der Waals surface area (Å²) in [6.45, 7) is 1.97. The van der Waals surface area contributed by atoms with Crippen molar-refractivity contribution in [2.24, 2.45) is 0 Å². The number of ether oxygens (including phenoxy) is 1. The first-order valence-electron chi connectivity index (χ1n) is 6.90. The van der Waals surface area contributed by atoms with Crippen molar-refractivity contribution >= 4 is 11.8 Å². The van der Waals surface area contributed by atoms with Crippen LogP contribution in [0.2, 0.25) is 0 Å². The number of aliphatic hydroxyl groups is 2. The summed E-state index contributed by atoms with van der Waals surface area (Å²) in [5, 5.41) is 19.4. The molecular weight excluding hydrogens is 286 g/mol. The van der Waals surface area contributed by atoms with Crippen LogP contribution in [0.5, 0.6) is 5.75 Å². The number of aliphatic hydroxyl groups excluding tert-OH is 2. The maximum atomic E-state index is 9.60. The second-order valence-corrected chi connectivity index (χ2v) is 6.18. The lowest BCUT2D eigenvalue weighted by Crippen LogP contribution is -2.06. The highest BCUT2D eigenvalue weighted by Crippen LogP contribution is 2.45. The van der Waals surface area contributed by atoms with Gasteiger partial charge in [0.05, 0.1) is 20.3 Å². The fourth-order valence-electron chi connectivity index (χ4n) is 3.00. The summed E-state index contributed by atoms with van der Waals surface area (Å²) >= 11 is 1.84. The molecule has 2 N–H and O–H groups in total. The highest BCUT2D eigenvalue weighted by Gasteiger charge is 2.30. The third kappa shape index (κ3) is 2.25. The monoisotopic (exact) mass is 305 g/mol. The summed E-state index contributed by atoms with van der Waals surface area (Å²) in [5.74, 6) is 1.70. The standard InChI is InChI=1S/C16H19NO3S/c1-10-13(7-18)14(8-19)15-9-21-16(17(10)15)11-3-5-12(20-2)6-4-11/h3-6,16,18-19H,7-9H2,1-2H3/t16-/m1/s1. The van der Waals surface area contributed by atoms with Crippen molar-refractivity contribution < 1.29 is 14.9 Å². The van der Waals surface area contributed by atoms with Gasteiger partial charge in [0.25, 0.3) is 0 Å². The molecule has 1 aliphatic heterocycles. The quantitative estimate of drug-likeness (QED) is 0.911. The minimum Gasteiger partial charge on any atom is -0.497 e. The van der Waals surface area contributed by atoms with Gasteiger partial charge in [0.2, 0.25) is 0 Å². The highest BCUT2D eigenvalue weighted by atomic mass is 32.2. The summed E-state index contributed by atoms with van der Waals surface area (Å²) < 4.78 is 7.44. The first-order valence-corrected chi connectivity index (χ1v) is 7.94. The Kier molecular flexibility index (Phi) is 3.97. The van der Waals surface area contributed by atoms with Crippen LogP contribution < -0.4 is 4.74 Å². The van der Waals surface area contributed by atoms with Crippen molar-refractivity contribution in [1.82, 2.24) is 4.57 Å². The first kappa shape index (κ1) is 14.5. The van der Waals surface area contributed by atoms with E-state index in [9.17, 15) is 10.2 Å². The van der Waals surface area contributed by atoms with Crippen molar-refractivity contribution in [3.05, 3.63) is 52.3 Å². The number of hydrogen-bond acceptors (Lipinski definition) is 4. The largest absolute Gasteiger partial charge is 0.497 e. The molecule has 1 aromatic heterocycles. The number of methoxy groups -OCH3 is 1. The number of benzene rings is 1. The van der Waals surface area contributed by atoms with Crippen LogP contribution in [-0.2, 0) is 19.0 Å². The molecule has 0 spiro atoms. The van der Waals surface area contributed by atoms with Crippen LogP contribution in [0.3, 0.4) is 0 Å². The van der Waals surface area contributed by atoms with Crippen LogP contribution >= 0.6 is 11.8 Å². The van der Waals surface area contributed by atoms with Crippen molar-refractivity contribution in [2.45, 2.75) is 31.3 Å². The molecule has 1 aromatic carbocycles. The lowest BCUT2D eigenvalue weighted by Gasteiger charge is -2.16. The zero-order chi connectivity index (χ0) is 15.0. The van der Waals surface area contributed by atoms with E-state index in [-0.39, 0.29) is 18.6 Å². The fraction of sp³-hybridized carbons (Fsp3) is 0.375. The lowest BCUT2D eigenvalue weighted by molar-refractivity contribution is 0.260. The second-order valence-electron chi connectivity index (χ2n) is 5.11. The summed E-state index contributed by atoms with van der Waals surface area (Å²) in [4.78, 5) is 0. The molecular formula is C16H19NO3S. The van der Waals surface area contributed by atoms with Crippen LogP contribution in [0, 0.1) is 6.92 Å². The minimum atomic E-state index is -0.0261. The van der Waals surface area contributed by atoms with Crippen LogP contribution in [0.4, 0.5) is 0 Å². The SMILES string of the molecule is COc1ccc([C@H]2SCc3c(CO)c(CO)c(C)n32)cc1. The molecule has 0 fully saturated rings. The van der Waals surface area contributed by atoms with Crippen LogP contribution in [-0.4, -0.2) is 21.9 Å². The third-order valence-electron chi connectivity index (χ3n) is 4.13. The Labute approximate surface area is 128 Å². The number of fused-ring (bicyclic) bond motifs is 1. The average Bonchev–Trinajstić information content (AvgIpc) is 3.06. The molecule has 0 amide bonds. The van der Waals surface area contributed by atoms with E-state index in [1.54, 1.807) is 7.11 Å². The number of thioether (sulfide) groups is 1. The van der Waals surface area contributed by atoms with Gasteiger partial charge < -0.3 is 19.5 Å². The summed E-state index contributed by atoms with van der Waals surface area (Å²) in [6, 6.07) is 8.07. The van der Waals surface area contributed by atoms with Gasteiger partial charge in [-0.1, -0.05) is 12.1 Å². The molecule has 21 heavy (non-hydrogen) atoms. The van der Waals surface area contributed by atoms with Crippen molar-refractivity contribution in [3.63, 3.8) is 0 Å². The molecule has 4 nitrogen and oxygen atoms in total. The van der Waals surface area contributed by atoms with Gasteiger partial charge >= 0.3 is 0 Å². The Morgan fingerprint density at radius 1 is 1.19 bits per heavy atom. The predicted octanol–water partition coefficient (Wildman–Crippen LogP) is 2.58. The minimum absolute atomic E-state index is 0.0189. The molecule has 1 aliphatic rings. The second kappa shape index (κ2) is 5.75. The van der Waals surface area contributed by atoms with E-state index in [1.807, 2.05) is 30.8 Å². The smallest absolute Gasteiger partial charge is 0.118 e. The molecule has 0 aliphatic carbocycles. The van der Waals surface area contributed by atoms with E-state index in [1.165, 1.54) is 5.56 Å². The van der Waals surface area contributed by atoms with Gasteiger partial charge in [-0.25, -0.2) is 0 Å². The van der Waals surface area contributed by atoms with Crippen LogP contribution in [0.1, 0.15) is 33.5 Å². The molecule has 3 rings (SSSR count). The molecule has 112 valence electrons. The Morgan fingerprint density at radius 3 is 2.43 bits per heavy atom. The number of nitrogens with zero attached hydrogens (tertiary/aromatic N) is 1. The molecule has 0 saturated heterocycles. The van der Waals surface area contributed by atoms with Gasteiger partial charge in [-0.05, 0) is 24.6 Å². The Hall–Kier alpha value is -1.43. The molecule has 5 heteroatoms. The highest BCUT2D eigenvalue weighted by molar-refractivity contribution is 7.99. The molecule has 2 heterocycles. The summed E-state index contributed by atoms with van der Waals surface area (Å²) in [6.07, 6.45) is 0. The zero-order valence-electron chi connectivity index (χ0n) is 12.2. The van der Waals surface area contributed by atoms with Crippen LogP contribution in [0.25, 0.3) is 0 Å². The number of aromatic nitrogens is 1. The molecule has 0 saturated carbocycles. The molecule has 0 unspecified atom stereocenters. The summed E-state index contributed by atoms with van der Waals surface area (Å²) in [7, 11) is 1.66. The van der Waals surface area contributed by atoms with Gasteiger partial charge in [-0.15, -0.1) is 11.8 Å². The van der Waals surface area contributed by atoms with E-state index >= 15 is 0 Å². The Bertz CT molecular complexity index is 649. The average molecular weight is 305 g/mol. The Morgan fingerprint density at radius 2 is 1.86 bits per heavy atom. The van der Waals surface area contributed by atoms with Gasteiger partial charge in [0, 0.05) is 28.3 Å². The van der Waals surface area contributed by atoms with Gasteiger partial charge in [0.15, 0.2) is 0 Å². The van der Waals surface area contributed by atoms with E-state index in [0.717, 1.165) is 34.0 Å². The van der Waals surface area contributed by atoms with E-state index in [0.29, 0.717) is 0 Å². The van der Waals surface area contributed by atoms with E-state index in [4.69, 9.17) is 4.74 Å². The van der Waals surface area contributed by atoms with Gasteiger partial charge in [0.1, 0.15) is 11.1 Å².